The lowest BCUT2D eigenvalue weighted by Crippen LogP contribution is -2.33. The van der Waals surface area contributed by atoms with Crippen LogP contribution in [-0.2, 0) is 19.3 Å². The minimum atomic E-state index is -4.35. The zero-order valence-corrected chi connectivity index (χ0v) is 11.4. The molecule has 2 heterocycles. The molecule has 0 radical (unpaired) electrons. The molecule has 0 spiro atoms. The van der Waals surface area contributed by atoms with E-state index in [2.05, 4.69) is 15.4 Å². The Balaban J connectivity index is 1.85. The van der Waals surface area contributed by atoms with E-state index in [1.54, 1.807) is 6.20 Å². The Labute approximate surface area is 120 Å². The summed E-state index contributed by atoms with van der Waals surface area (Å²) in [4.78, 5) is 7.99. The van der Waals surface area contributed by atoms with Crippen LogP contribution in [0.25, 0.3) is 0 Å². The predicted octanol–water partition coefficient (Wildman–Crippen LogP) is 2.63. The van der Waals surface area contributed by atoms with E-state index in [1.165, 1.54) is 6.07 Å². The molecule has 4 nitrogen and oxygen atoms in total. The minimum Gasteiger partial charge on any atom is -0.260 e. The number of nitrogens with zero attached hydrogens (tertiary/aromatic N) is 3. The molecule has 2 aromatic heterocycles. The molecule has 21 heavy (non-hydrogen) atoms. The highest BCUT2D eigenvalue weighted by molar-refractivity contribution is 5.16. The zero-order chi connectivity index (χ0) is 15.3. The van der Waals surface area contributed by atoms with Crippen molar-refractivity contribution < 1.29 is 13.2 Å². The van der Waals surface area contributed by atoms with Crippen LogP contribution in [0.15, 0.2) is 42.7 Å². The summed E-state index contributed by atoms with van der Waals surface area (Å²) in [5, 5.41) is 1.81. The molecule has 0 atom stereocenters. The van der Waals surface area contributed by atoms with Crippen LogP contribution < -0.4 is 5.43 Å². The van der Waals surface area contributed by atoms with Crippen molar-refractivity contribution in [2.75, 3.05) is 7.05 Å². The van der Waals surface area contributed by atoms with Gasteiger partial charge in [0.2, 0.25) is 0 Å². The van der Waals surface area contributed by atoms with Crippen LogP contribution in [0.1, 0.15) is 17.0 Å². The third kappa shape index (κ3) is 4.80. The molecule has 0 aliphatic carbocycles. The van der Waals surface area contributed by atoms with Crippen LogP contribution in [0, 0.1) is 0 Å². The van der Waals surface area contributed by atoms with Crippen molar-refractivity contribution in [2.24, 2.45) is 0 Å². The first kappa shape index (κ1) is 15.4. The Hall–Kier alpha value is -1.99. The third-order valence-corrected chi connectivity index (χ3v) is 2.81. The molecule has 0 amide bonds. The lowest BCUT2D eigenvalue weighted by Gasteiger charge is -2.17. The molecule has 2 rings (SSSR count). The minimum absolute atomic E-state index is 0.349. The van der Waals surface area contributed by atoms with E-state index in [-0.39, 0.29) is 0 Å². The molecule has 2 aromatic rings. The van der Waals surface area contributed by atoms with Gasteiger partial charge >= 0.3 is 6.18 Å². The number of hydrogen-bond donors (Lipinski definition) is 1. The summed E-state index contributed by atoms with van der Waals surface area (Å²) in [6.07, 6.45) is -1.80. The second-order valence-electron chi connectivity index (χ2n) is 4.55. The largest absolute Gasteiger partial charge is 0.417 e. The molecule has 0 aliphatic heterocycles. The van der Waals surface area contributed by atoms with Crippen molar-refractivity contribution in [3.63, 3.8) is 0 Å². The summed E-state index contributed by atoms with van der Waals surface area (Å²) in [6, 6.07) is 8.03. The summed E-state index contributed by atoms with van der Waals surface area (Å²) in [5.74, 6) is 0. The first-order valence-electron chi connectivity index (χ1n) is 6.32. The van der Waals surface area contributed by atoms with Crippen molar-refractivity contribution in [3.05, 3.63) is 59.7 Å². The summed E-state index contributed by atoms with van der Waals surface area (Å²) < 4.78 is 37.2. The van der Waals surface area contributed by atoms with E-state index >= 15 is 0 Å². The van der Waals surface area contributed by atoms with E-state index < -0.39 is 11.7 Å². The van der Waals surface area contributed by atoms with Gasteiger partial charge in [0.15, 0.2) is 0 Å². The van der Waals surface area contributed by atoms with Crippen LogP contribution in [-0.4, -0.2) is 22.0 Å². The van der Waals surface area contributed by atoms with E-state index in [0.29, 0.717) is 18.8 Å². The molecule has 0 fully saturated rings. The van der Waals surface area contributed by atoms with Crippen molar-refractivity contribution in [1.82, 2.24) is 20.4 Å². The first-order valence-corrected chi connectivity index (χ1v) is 6.32. The predicted molar refractivity (Wildman–Crippen MR) is 71.8 cm³/mol. The average Bonchev–Trinajstić information content (AvgIpc) is 2.46. The Morgan fingerprint density at radius 3 is 2.48 bits per heavy atom. The van der Waals surface area contributed by atoms with Crippen molar-refractivity contribution in [1.29, 1.82) is 0 Å². The number of nitrogens with one attached hydrogen (secondary N) is 1. The molecule has 112 valence electrons. The van der Waals surface area contributed by atoms with Gasteiger partial charge in [0, 0.05) is 19.4 Å². The van der Waals surface area contributed by atoms with E-state index in [1.807, 2.05) is 30.3 Å². The van der Waals surface area contributed by atoms with Gasteiger partial charge in [-0.25, -0.2) is 10.4 Å². The lowest BCUT2D eigenvalue weighted by molar-refractivity contribution is -0.137. The van der Waals surface area contributed by atoms with Gasteiger partial charge < -0.3 is 0 Å². The number of pyridine rings is 2. The summed E-state index contributed by atoms with van der Waals surface area (Å²) in [7, 11) is 1.83. The Bertz CT molecular complexity index is 555. The van der Waals surface area contributed by atoms with Gasteiger partial charge in [0.05, 0.1) is 30.0 Å². The van der Waals surface area contributed by atoms with Crippen molar-refractivity contribution in [2.45, 2.75) is 19.3 Å². The third-order valence-electron chi connectivity index (χ3n) is 2.81. The Morgan fingerprint density at radius 2 is 1.90 bits per heavy atom. The number of halogens is 3. The monoisotopic (exact) mass is 296 g/mol. The second kappa shape index (κ2) is 6.64. The fourth-order valence-electron chi connectivity index (χ4n) is 1.70. The summed E-state index contributed by atoms with van der Waals surface area (Å²) in [6.45, 7) is 0.933. The highest BCUT2D eigenvalue weighted by atomic mass is 19.4. The van der Waals surface area contributed by atoms with Crippen LogP contribution in [0.2, 0.25) is 0 Å². The number of hydrogen-bond acceptors (Lipinski definition) is 4. The number of alkyl halides is 3. The lowest BCUT2D eigenvalue weighted by atomic mass is 10.2. The van der Waals surface area contributed by atoms with Gasteiger partial charge in [-0.3, -0.25) is 9.97 Å². The molecule has 0 bridgehead atoms. The molecular weight excluding hydrogens is 281 g/mol. The smallest absolute Gasteiger partial charge is 0.260 e. The fourth-order valence-corrected chi connectivity index (χ4v) is 1.70. The molecule has 0 aliphatic rings. The average molecular weight is 296 g/mol. The highest BCUT2D eigenvalue weighted by Crippen LogP contribution is 2.28. The van der Waals surface area contributed by atoms with Gasteiger partial charge in [-0.2, -0.15) is 13.2 Å². The van der Waals surface area contributed by atoms with Gasteiger partial charge in [0.1, 0.15) is 0 Å². The Kier molecular flexibility index (Phi) is 4.87. The molecule has 0 aromatic carbocycles. The molecule has 0 saturated heterocycles. The van der Waals surface area contributed by atoms with Crippen molar-refractivity contribution >= 4 is 0 Å². The maximum absolute atomic E-state index is 12.4. The van der Waals surface area contributed by atoms with Crippen LogP contribution in [0.3, 0.4) is 0 Å². The Morgan fingerprint density at radius 1 is 1.10 bits per heavy atom. The van der Waals surface area contributed by atoms with Crippen LogP contribution in [0.5, 0.6) is 0 Å². The molecule has 0 saturated carbocycles. The van der Waals surface area contributed by atoms with Crippen LogP contribution >= 0.6 is 0 Å². The maximum Gasteiger partial charge on any atom is 0.417 e. The van der Waals surface area contributed by atoms with Gasteiger partial charge in [-0.05, 0) is 24.3 Å². The summed E-state index contributed by atoms with van der Waals surface area (Å²) in [5.41, 5.74) is 3.75. The van der Waals surface area contributed by atoms with E-state index in [0.717, 1.165) is 18.0 Å². The SMILES string of the molecule is CN(Cc1ccccn1)NCc1ccc(C(F)(F)F)cn1. The molecule has 7 heteroatoms. The van der Waals surface area contributed by atoms with E-state index in [4.69, 9.17) is 0 Å². The zero-order valence-electron chi connectivity index (χ0n) is 11.4. The van der Waals surface area contributed by atoms with Gasteiger partial charge in [-0.15, -0.1) is 0 Å². The molecule has 1 N–H and O–H groups in total. The molecule has 0 unspecified atom stereocenters. The fraction of sp³-hybridized carbons (Fsp3) is 0.286. The van der Waals surface area contributed by atoms with Crippen LogP contribution in [0.4, 0.5) is 13.2 Å². The number of hydrazine groups is 1. The first-order chi connectivity index (χ1) is 9.95. The van der Waals surface area contributed by atoms with Crippen molar-refractivity contribution in [3.8, 4) is 0 Å². The van der Waals surface area contributed by atoms with Gasteiger partial charge in [-0.1, -0.05) is 6.07 Å². The maximum atomic E-state index is 12.4. The quantitative estimate of drug-likeness (QED) is 0.861. The van der Waals surface area contributed by atoms with E-state index in [9.17, 15) is 13.2 Å². The summed E-state index contributed by atoms with van der Waals surface area (Å²) >= 11 is 0. The highest BCUT2D eigenvalue weighted by Gasteiger charge is 2.30. The van der Waals surface area contributed by atoms with Gasteiger partial charge in [0.25, 0.3) is 0 Å². The number of aromatic nitrogens is 2. The standard InChI is InChI=1S/C14H15F3N4/c1-21(10-13-4-2-3-7-18-13)20-9-12-6-5-11(8-19-12)14(15,16)17/h2-8,20H,9-10H2,1H3. The number of rotatable bonds is 5. The second-order valence-corrected chi connectivity index (χ2v) is 4.55. The molecular formula is C14H15F3N4. The normalized spacial score (nSPS) is 11.9. The topological polar surface area (TPSA) is 41.1 Å².